The zero-order chi connectivity index (χ0) is 92.8. The maximum absolute atomic E-state index is 17.1. The highest BCUT2D eigenvalue weighted by atomic mass is 19.4. The number of amides is 4. The monoisotopic (exact) mass is 1770 g/mol. The zero-order valence-corrected chi connectivity index (χ0v) is 71.6. The molecule has 17 rings (SSSR count). The molecule has 0 spiro atoms. The van der Waals surface area contributed by atoms with Crippen LogP contribution in [0.15, 0.2) is 255 Å². The smallest absolute Gasteiger partial charge is 0.416 e. The first-order valence-electron chi connectivity index (χ1n) is 41.1. The van der Waals surface area contributed by atoms with Gasteiger partial charge in [0.2, 0.25) is 0 Å². The van der Waals surface area contributed by atoms with Gasteiger partial charge in [0.05, 0.1) is 44.5 Å². The number of hydrogen-bond acceptors (Lipinski definition) is 12. The molecule has 2 aliphatic rings. The Labute approximate surface area is 737 Å². The molecule has 0 saturated heterocycles. The number of anilines is 2. The molecule has 26 heteroatoms. The Hall–Kier alpha value is -14.6. The van der Waals surface area contributed by atoms with Gasteiger partial charge >= 0.3 is 24.7 Å². The molecule has 0 atom stereocenters. The molecule has 0 bridgehead atoms. The normalized spacial score (nSPS) is 13.6. The van der Waals surface area contributed by atoms with Gasteiger partial charge in [-0.2, -0.15) is 52.7 Å². The summed E-state index contributed by atoms with van der Waals surface area (Å²) in [6.07, 6.45) is -19.2. The highest BCUT2D eigenvalue weighted by Gasteiger charge is 2.46. The Morgan fingerprint density at radius 2 is 0.346 bits per heavy atom. The highest BCUT2D eigenvalue weighted by molar-refractivity contribution is 6.48. The maximum atomic E-state index is 17.1. The number of halogens is 12. The van der Waals surface area contributed by atoms with E-state index < -0.39 is 127 Å². The fourth-order valence-corrected chi connectivity index (χ4v) is 16.0. The molecule has 0 aromatic heterocycles. The van der Waals surface area contributed by atoms with E-state index in [4.69, 9.17) is 37.9 Å². The van der Waals surface area contributed by atoms with Crippen molar-refractivity contribution in [2.24, 2.45) is 0 Å². The molecular formula is C104H78F12N2O12. The van der Waals surface area contributed by atoms with Crippen molar-refractivity contribution in [1.29, 1.82) is 0 Å². The van der Waals surface area contributed by atoms with E-state index in [1.807, 2.05) is 132 Å². The Morgan fingerprint density at radius 1 is 0.192 bits per heavy atom. The Bertz CT molecular complexity index is 6200. The topological polar surface area (TPSA) is 149 Å². The Morgan fingerprint density at radius 3 is 0.500 bits per heavy atom. The summed E-state index contributed by atoms with van der Waals surface area (Å²) in [5.41, 5.74) is -4.77. The third-order valence-electron chi connectivity index (χ3n) is 22.7. The van der Waals surface area contributed by atoms with Crippen LogP contribution in [0.1, 0.15) is 169 Å². The van der Waals surface area contributed by atoms with Crippen LogP contribution in [0.25, 0.3) is 43.1 Å². The first kappa shape index (κ1) is 87.5. The first-order valence-corrected chi connectivity index (χ1v) is 41.1. The predicted octanol–water partition coefficient (Wildman–Crippen LogP) is 30.9. The van der Waals surface area contributed by atoms with Gasteiger partial charge in [-0.3, -0.25) is 19.2 Å². The zero-order valence-electron chi connectivity index (χ0n) is 71.6. The van der Waals surface area contributed by atoms with E-state index in [9.17, 15) is 52.7 Å². The first-order chi connectivity index (χ1) is 61.1. The van der Waals surface area contributed by atoms with Crippen LogP contribution in [-0.2, 0) is 46.4 Å². The molecule has 2 heterocycles. The van der Waals surface area contributed by atoms with Gasteiger partial charge in [0.1, 0.15) is 80.4 Å². The third-order valence-corrected chi connectivity index (χ3v) is 22.7. The lowest BCUT2D eigenvalue weighted by atomic mass is 9.80. The molecule has 0 unspecified atom stereocenters. The van der Waals surface area contributed by atoms with Gasteiger partial charge in [0, 0.05) is 43.1 Å². The van der Waals surface area contributed by atoms with Crippen LogP contribution in [0.2, 0.25) is 0 Å². The molecule has 130 heavy (non-hydrogen) atoms. The summed E-state index contributed by atoms with van der Waals surface area (Å²) in [6.45, 7) is 24.0. The average molecular weight is 1780 g/mol. The second kappa shape index (κ2) is 31.7. The highest BCUT2D eigenvalue weighted by Crippen LogP contribution is 2.61. The van der Waals surface area contributed by atoms with Crippen molar-refractivity contribution in [3.63, 3.8) is 0 Å². The van der Waals surface area contributed by atoms with Crippen LogP contribution in [0.4, 0.5) is 64.1 Å². The molecule has 15 aromatic rings. The fraction of sp³-hybridized carbons (Fsp3) is 0.192. The molecule has 660 valence electrons. The van der Waals surface area contributed by atoms with Gasteiger partial charge in [-0.15, -0.1) is 0 Å². The number of para-hydroxylation sites is 2. The lowest BCUT2D eigenvalue weighted by Crippen LogP contribution is -2.41. The summed E-state index contributed by atoms with van der Waals surface area (Å²) in [5, 5.41) is -0.0690. The predicted molar refractivity (Wildman–Crippen MR) is 470 cm³/mol. The summed E-state index contributed by atoms with van der Waals surface area (Å²) in [6, 6.07) is 55.4. The minimum Gasteiger partial charge on any atom is -0.457 e. The number of benzene rings is 15. The van der Waals surface area contributed by atoms with Crippen LogP contribution in [0.3, 0.4) is 0 Å². The molecule has 0 fully saturated rings. The van der Waals surface area contributed by atoms with Crippen molar-refractivity contribution < 1.29 is 110 Å². The van der Waals surface area contributed by atoms with Crippen molar-refractivity contribution in [3.8, 4) is 92.0 Å². The second-order valence-electron chi connectivity index (χ2n) is 35.8. The second-order valence-corrected chi connectivity index (χ2v) is 35.8. The van der Waals surface area contributed by atoms with E-state index in [1.54, 1.807) is 48.5 Å². The Balaban J connectivity index is 1.01. The number of rotatable bonds is 18. The fourth-order valence-electron chi connectivity index (χ4n) is 16.0. The van der Waals surface area contributed by atoms with E-state index in [2.05, 4.69) is 0 Å². The molecule has 14 nitrogen and oxygen atoms in total. The van der Waals surface area contributed by atoms with E-state index >= 15 is 19.2 Å². The average Bonchev–Trinajstić information content (AvgIpc) is 0.667. The van der Waals surface area contributed by atoms with Gasteiger partial charge < -0.3 is 37.9 Å². The number of hydrogen-bond donors (Lipinski definition) is 0. The van der Waals surface area contributed by atoms with E-state index in [1.165, 1.54) is 60.7 Å². The quantitative estimate of drug-likeness (QED) is 0.0348. The summed E-state index contributed by atoms with van der Waals surface area (Å²) in [4.78, 5) is 69.8. The number of ether oxygens (including phenoxy) is 8. The van der Waals surface area contributed by atoms with E-state index in [0.29, 0.717) is 9.80 Å². The largest absolute Gasteiger partial charge is 0.457 e. The molecule has 0 aliphatic carbocycles. The van der Waals surface area contributed by atoms with Crippen LogP contribution in [-0.4, -0.2) is 23.6 Å². The van der Waals surface area contributed by atoms with Crippen molar-refractivity contribution in [2.75, 3.05) is 9.80 Å². The summed E-state index contributed by atoms with van der Waals surface area (Å²) >= 11 is 0. The molecule has 15 aromatic carbocycles. The van der Waals surface area contributed by atoms with Gasteiger partial charge in [-0.1, -0.05) is 144 Å². The van der Waals surface area contributed by atoms with Gasteiger partial charge in [-0.25, -0.2) is 9.80 Å². The van der Waals surface area contributed by atoms with Crippen LogP contribution in [0, 0.1) is 0 Å². The number of imide groups is 2. The summed E-state index contributed by atoms with van der Waals surface area (Å²) in [5.74, 6) is -7.27. The van der Waals surface area contributed by atoms with Crippen molar-refractivity contribution in [1.82, 2.24) is 0 Å². The molecular weight excluding hydrogens is 1700 g/mol. The number of fused-ring (bicyclic) bond motifs is 2. The van der Waals surface area contributed by atoms with Crippen molar-refractivity contribution in [3.05, 3.63) is 322 Å². The lowest BCUT2D eigenvalue weighted by molar-refractivity contribution is -0.138. The van der Waals surface area contributed by atoms with E-state index in [0.717, 1.165) is 119 Å². The minimum atomic E-state index is -4.81. The maximum Gasteiger partial charge on any atom is 0.416 e. The van der Waals surface area contributed by atoms with Crippen LogP contribution >= 0.6 is 0 Å². The molecule has 4 amide bonds. The van der Waals surface area contributed by atoms with Crippen molar-refractivity contribution >= 4 is 78.1 Å². The molecule has 0 saturated carbocycles. The van der Waals surface area contributed by atoms with Gasteiger partial charge in [-0.05, 0) is 238 Å². The van der Waals surface area contributed by atoms with Crippen LogP contribution < -0.4 is 47.7 Å². The lowest BCUT2D eigenvalue weighted by Gasteiger charge is -2.33. The number of carbonyl (C=O) groups excluding carboxylic acids is 4. The molecule has 0 radical (unpaired) electrons. The van der Waals surface area contributed by atoms with Gasteiger partial charge in [0.25, 0.3) is 23.6 Å². The number of nitrogens with zero attached hydrogens (tertiary/aromatic N) is 2. The molecule has 0 N–H and O–H groups in total. The van der Waals surface area contributed by atoms with Crippen molar-refractivity contribution in [2.45, 2.75) is 129 Å². The standard InChI is InChI=1S/C104H78F12N2O12/c1-97(2,3)55-19-35-67(36-20-55)127-79-51-71-83-72(94(120)117(93(71)119)91-75(123-63-43-27-59(28-44-63)101(105,106)107)15-13-16-76(91)124-64-45-29-60(30-46-64)102(108,109)110)53-81(129-69-39-23-57(24-40-69)99(7,8)9)87-88-82(130-70-41-25-58(26-42-70)100(10,11)12)54-74-84-73(52-80(86(90(84)88)85(79)89(83)87)128-68-37-21-56(22-38-68)98(4,5)6)95(121)118(96(74)122)92-77(125-65-47-31-61(32-48-65)103(111,112)113)17-14-18-78(92)126-66-49-33-62(34-50-66)104(114,115)116/h13-54H,1-12H3. The summed E-state index contributed by atoms with van der Waals surface area (Å²) in [7, 11) is 0. The van der Waals surface area contributed by atoms with Crippen LogP contribution in [0.5, 0.6) is 92.0 Å². The minimum absolute atomic E-state index is 0.0143. The third kappa shape index (κ3) is 16.7. The SMILES string of the molecule is CC(C)(C)c1ccc(Oc2cc3c4c(cc(Oc5ccc(C(C)(C)C)cc5)c5c6c(Oc7ccc(C(C)(C)C)cc7)cc7c8c(cc(Oc9ccc(C(C)(C)C)cc9)c(c2c45)c86)C(=O)N(c2c(Oc4ccc(C(F)(F)F)cc4)cccc2Oc2ccc(C(F)(F)F)cc2)C7=O)C(=O)N(c2c(Oc4ccc(C(F)(F)F)cc4)cccc2Oc2ccc(C(F)(F)F)cc2)C3=O)cc1. The Kier molecular flexibility index (Phi) is 21.4. The van der Waals surface area contributed by atoms with E-state index in [-0.39, 0.29) is 134 Å². The molecule has 2 aliphatic heterocycles. The number of alkyl halides is 12. The number of carbonyl (C=O) groups is 4. The summed E-state index contributed by atoms with van der Waals surface area (Å²) < 4.78 is 226. The van der Waals surface area contributed by atoms with Gasteiger partial charge in [0.15, 0.2) is 23.0 Å².